The number of hydrogen-bond donors (Lipinski definition) is 0. The lowest BCUT2D eigenvalue weighted by Gasteiger charge is -2.22. The molecule has 9 heteroatoms. The zero-order chi connectivity index (χ0) is 18.7. The third-order valence-corrected chi connectivity index (χ3v) is 4.18. The Morgan fingerprint density at radius 3 is 2.27 bits per heavy atom. The van der Waals surface area contributed by atoms with Gasteiger partial charge in [0, 0.05) is 37.9 Å². The van der Waals surface area contributed by atoms with Gasteiger partial charge in [-0.25, -0.2) is 4.79 Å². The molecular formula is C17H17F3N4O2. The number of rotatable bonds is 1. The number of nitrogens with zero attached hydrogens (tertiary/aromatic N) is 4. The fraction of sp³-hybridized carbons (Fsp3) is 0.353. The summed E-state index contributed by atoms with van der Waals surface area (Å²) in [7, 11) is 0. The summed E-state index contributed by atoms with van der Waals surface area (Å²) in [5.74, 6) is -0.127. The predicted octanol–water partition coefficient (Wildman–Crippen LogP) is 2.72. The first-order valence-electron chi connectivity index (χ1n) is 8.12. The summed E-state index contributed by atoms with van der Waals surface area (Å²) >= 11 is 0. The largest absolute Gasteiger partial charge is 0.419 e. The van der Waals surface area contributed by atoms with E-state index in [1.54, 1.807) is 29.2 Å². The lowest BCUT2D eigenvalue weighted by molar-refractivity contribution is -0.137. The summed E-state index contributed by atoms with van der Waals surface area (Å²) in [5.41, 5.74) is -0.407. The van der Waals surface area contributed by atoms with Gasteiger partial charge >= 0.3 is 12.2 Å². The zero-order valence-electron chi connectivity index (χ0n) is 13.8. The van der Waals surface area contributed by atoms with E-state index in [2.05, 4.69) is 5.10 Å². The van der Waals surface area contributed by atoms with Crippen LogP contribution in [0.2, 0.25) is 0 Å². The highest BCUT2D eigenvalue weighted by atomic mass is 19.4. The van der Waals surface area contributed by atoms with Crippen LogP contribution in [0.15, 0.2) is 42.7 Å². The molecule has 0 unspecified atom stereocenters. The average Bonchev–Trinajstić information content (AvgIpc) is 3.01. The van der Waals surface area contributed by atoms with E-state index in [0.29, 0.717) is 48.7 Å². The van der Waals surface area contributed by atoms with Gasteiger partial charge in [0.05, 0.1) is 11.8 Å². The summed E-state index contributed by atoms with van der Waals surface area (Å²) in [4.78, 5) is 27.9. The molecule has 1 fully saturated rings. The Hall–Kier alpha value is -2.84. The molecule has 1 aliphatic rings. The van der Waals surface area contributed by atoms with Crippen molar-refractivity contribution in [2.45, 2.75) is 12.6 Å². The van der Waals surface area contributed by atoms with Gasteiger partial charge in [-0.15, -0.1) is 0 Å². The summed E-state index contributed by atoms with van der Waals surface area (Å²) in [6.07, 6.45) is -2.70. The molecule has 1 aliphatic heterocycles. The molecule has 1 saturated heterocycles. The number of aromatic nitrogens is 2. The summed E-state index contributed by atoms with van der Waals surface area (Å²) < 4.78 is 38.6. The SMILES string of the molecule is O=C(c1ccccc1)N1CCCN(C(=O)n2cc(C(F)(F)F)cn2)CC1. The Morgan fingerprint density at radius 1 is 0.962 bits per heavy atom. The number of amides is 2. The van der Waals surface area contributed by atoms with E-state index in [9.17, 15) is 22.8 Å². The van der Waals surface area contributed by atoms with Gasteiger partial charge in [-0.2, -0.15) is 23.0 Å². The van der Waals surface area contributed by atoms with E-state index in [-0.39, 0.29) is 12.5 Å². The summed E-state index contributed by atoms with van der Waals surface area (Å²) in [6.45, 7) is 1.37. The van der Waals surface area contributed by atoms with Crippen LogP contribution in [0.4, 0.5) is 18.0 Å². The van der Waals surface area contributed by atoms with Gasteiger partial charge < -0.3 is 9.80 Å². The minimum absolute atomic E-state index is 0.127. The number of carbonyl (C=O) groups is 2. The van der Waals surface area contributed by atoms with E-state index in [1.165, 1.54) is 4.90 Å². The first kappa shape index (κ1) is 18.0. The standard InChI is InChI=1S/C17H17F3N4O2/c18-17(19,20)14-11-21-24(12-14)16(26)23-8-4-7-22(9-10-23)15(25)13-5-2-1-3-6-13/h1-3,5-6,11-12H,4,7-10H2. The number of benzene rings is 1. The van der Waals surface area contributed by atoms with Crippen LogP contribution in [0.25, 0.3) is 0 Å². The van der Waals surface area contributed by atoms with Crippen LogP contribution in [0.3, 0.4) is 0 Å². The van der Waals surface area contributed by atoms with Crippen LogP contribution in [-0.4, -0.2) is 57.7 Å². The summed E-state index contributed by atoms with van der Waals surface area (Å²) in [5, 5.41) is 3.52. The molecule has 138 valence electrons. The first-order chi connectivity index (χ1) is 12.4. The third kappa shape index (κ3) is 3.87. The van der Waals surface area contributed by atoms with Crippen LogP contribution in [0, 0.1) is 0 Å². The smallest absolute Gasteiger partial charge is 0.337 e. The van der Waals surface area contributed by atoms with Crippen molar-refractivity contribution in [1.82, 2.24) is 19.6 Å². The maximum Gasteiger partial charge on any atom is 0.419 e. The van der Waals surface area contributed by atoms with Gasteiger partial charge in [0.2, 0.25) is 0 Å². The number of alkyl halides is 3. The van der Waals surface area contributed by atoms with E-state index in [0.717, 1.165) is 0 Å². The molecule has 3 rings (SSSR count). The molecule has 26 heavy (non-hydrogen) atoms. The minimum atomic E-state index is -4.55. The molecule has 0 aliphatic carbocycles. The molecule has 2 amide bonds. The van der Waals surface area contributed by atoms with Crippen molar-refractivity contribution in [3.63, 3.8) is 0 Å². The molecule has 2 aromatic rings. The van der Waals surface area contributed by atoms with E-state index in [4.69, 9.17) is 0 Å². The van der Waals surface area contributed by atoms with Crippen molar-refractivity contribution in [1.29, 1.82) is 0 Å². The number of hydrogen-bond acceptors (Lipinski definition) is 3. The maximum atomic E-state index is 12.7. The monoisotopic (exact) mass is 366 g/mol. The van der Waals surface area contributed by atoms with Gasteiger partial charge in [-0.1, -0.05) is 18.2 Å². The lowest BCUT2D eigenvalue weighted by Crippen LogP contribution is -2.39. The second-order valence-corrected chi connectivity index (χ2v) is 5.95. The van der Waals surface area contributed by atoms with Crippen molar-refractivity contribution in [3.05, 3.63) is 53.9 Å². The van der Waals surface area contributed by atoms with Crippen LogP contribution in [0.5, 0.6) is 0 Å². The molecule has 0 spiro atoms. The Labute approximate surface area is 147 Å². The molecule has 0 bridgehead atoms. The van der Waals surface area contributed by atoms with E-state index in [1.807, 2.05) is 6.07 Å². The van der Waals surface area contributed by atoms with Crippen LogP contribution < -0.4 is 0 Å². The molecule has 0 atom stereocenters. The number of halogens is 3. The summed E-state index contributed by atoms with van der Waals surface area (Å²) in [6, 6.07) is 8.18. The fourth-order valence-corrected chi connectivity index (χ4v) is 2.79. The maximum absolute atomic E-state index is 12.7. The quantitative estimate of drug-likeness (QED) is 0.780. The molecule has 1 aromatic carbocycles. The highest BCUT2D eigenvalue weighted by Gasteiger charge is 2.33. The minimum Gasteiger partial charge on any atom is -0.337 e. The van der Waals surface area contributed by atoms with Crippen molar-refractivity contribution >= 4 is 11.9 Å². The van der Waals surface area contributed by atoms with Crippen molar-refractivity contribution in [3.8, 4) is 0 Å². The van der Waals surface area contributed by atoms with Gasteiger partial charge in [0.1, 0.15) is 0 Å². The topological polar surface area (TPSA) is 58.4 Å². The van der Waals surface area contributed by atoms with Crippen molar-refractivity contribution in [2.75, 3.05) is 26.2 Å². The van der Waals surface area contributed by atoms with Crippen molar-refractivity contribution in [2.24, 2.45) is 0 Å². The Bertz CT molecular complexity index is 789. The average molecular weight is 366 g/mol. The molecule has 0 saturated carbocycles. The third-order valence-electron chi connectivity index (χ3n) is 4.18. The second kappa shape index (κ2) is 7.19. The van der Waals surface area contributed by atoms with Crippen LogP contribution >= 0.6 is 0 Å². The molecule has 0 radical (unpaired) electrons. The normalized spacial score (nSPS) is 15.7. The molecular weight excluding hydrogens is 349 g/mol. The first-order valence-corrected chi connectivity index (χ1v) is 8.12. The lowest BCUT2D eigenvalue weighted by atomic mass is 10.2. The van der Waals surface area contributed by atoms with Gasteiger partial charge in [0.25, 0.3) is 5.91 Å². The van der Waals surface area contributed by atoms with Crippen LogP contribution in [-0.2, 0) is 6.18 Å². The van der Waals surface area contributed by atoms with Crippen molar-refractivity contribution < 1.29 is 22.8 Å². The van der Waals surface area contributed by atoms with E-state index < -0.39 is 17.8 Å². The van der Waals surface area contributed by atoms with Gasteiger partial charge in [-0.3, -0.25) is 4.79 Å². The van der Waals surface area contributed by atoms with Gasteiger partial charge in [0.15, 0.2) is 0 Å². The molecule has 2 heterocycles. The zero-order valence-corrected chi connectivity index (χ0v) is 13.8. The fourth-order valence-electron chi connectivity index (χ4n) is 2.79. The number of carbonyl (C=O) groups excluding carboxylic acids is 2. The Balaban J connectivity index is 1.66. The predicted molar refractivity (Wildman–Crippen MR) is 86.6 cm³/mol. The van der Waals surface area contributed by atoms with Crippen LogP contribution in [0.1, 0.15) is 22.3 Å². The molecule has 6 nitrogen and oxygen atoms in total. The van der Waals surface area contributed by atoms with Gasteiger partial charge in [-0.05, 0) is 18.6 Å². The molecule has 0 N–H and O–H groups in total. The second-order valence-electron chi connectivity index (χ2n) is 5.95. The Morgan fingerprint density at radius 2 is 1.62 bits per heavy atom. The highest BCUT2D eigenvalue weighted by molar-refractivity contribution is 5.94. The Kier molecular flexibility index (Phi) is 4.97. The molecule has 1 aromatic heterocycles. The highest BCUT2D eigenvalue weighted by Crippen LogP contribution is 2.28. The van der Waals surface area contributed by atoms with E-state index >= 15 is 0 Å².